The molecule has 0 aromatic rings. The molecule has 0 aliphatic carbocycles. The van der Waals surface area contributed by atoms with Crippen LogP contribution in [0.5, 0.6) is 0 Å². The molecule has 0 unspecified atom stereocenters. The average Bonchev–Trinajstić information content (AvgIpc) is 2.20. The zero-order valence-electron chi connectivity index (χ0n) is 12.2. The summed E-state index contributed by atoms with van der Waals surface area (Å²) >= 11 is 0. The molecule has 175 valence electrons. The van der Waals surface area contributed by atoms with Gasteiger partial charge in [0.15, 0.2) is 0 Å². The fourth-order valence-electron chi connectivity index (χ4n) is 0. The number of hydrogen-bond acceptors (Lipinski definition) is 16. The summed E-state index contributed by atoms with van der Waals surface area (Å²) in [4.78, 5) is 58.3. The van der Waals surface area contributed by atoms with Crippen LogP contribution in [-0.4, -0.2) is 61.6 Å². The quantitative estimate of drug-likeness (QED) is 0.174. The maximum Gasteiger partial charge on any atom is 2.00 e. The molecule has 0 aliphatic rings. The standard InChI is InChI=1S/Co.5HNO3.2NO3/c;7*2-1(3)4/h;5*(H,2,3,4);;/q+2;;;;;;2*-1. The van der Waals surface area contributed by atoms with E-state index in [1.807, 2.05) is 0 Å². The minimum absolute atomic E-state index is 0. The van der Waals surface area contributed by atoms with Gasteiger partial charge in [-0.05, 0) is 0 Å². The molecule has 0 saturated heterocycles. The molecule has 0 rings (SSSR count). The molecule has 29 heavy (non-hydrogen) atoms. The van der Waals surface area contributed by atoms with E-state index in [9.17, 15) is 0 Å². The van der Waals surface area contributed by atoms with Crippen molar-refractivity contribution in [3.05, 3.63) is 81.2 Å². The Morgan fingerprint density at radius 1 is 0.345 bits per heavy atom. The summed E-state index contributed by atoms with van der Waals surface area (Å²) in [5.41, 5.74) is 0. The molecule has 1 radical (unpaired) electrons. The van der Waals surface area contributed by atoms with E-state index in [4.69, 9.17) is 107 Å². The summed E-state index contributed by atoms with van der Waals surface area (Å²) in [7, 11) is 0. The van der Waals surface area contributed by atoms with Crippen LogP contribution in [0.2, 0.25) is 0 Å². The third-order valence-corrected chi connectivity index (χ3v) is 0. The molecule has 0 aromatic heterocycles. The van der Waals surface area contributed by atoms with Crippen molar-refractivity contribution in [3.8, 4) is 0 Å². The van der Waals surface area contributed by atoms with E-state index in [0.29, 0.717) is 0 Å². The molecule has 0 saturated carbocycles. The van der Waals surface area contributed by atoms with Crippen LogP contribution in [0.1, 0.15) is 0 Å². The van der Waals surface area contributed by atoms with Crippen LogP contribution < -0.4 is 0 Å². The molecule has 0 amide bonds. The maximum absolute atomic E-state index is 8.36. The minimum Gasteiger partial charge on any atom is -0.356 e. The smallest absolute Gasteiger partial charge is 0.356 e. The molecule has 0 spiro atoms. The van der Waals surface area contributed by atoms with E-state index in [0.717, 1.165) is 0 Å². The fraction of sp³-hybridized carbons (Fsp3) is 0. The Kier molecular flexibility index (Phi) is 74.3. The van der Waals surface area contributed by atoms with Crippen molar-refractivity contribution < 1.29 is 78.4 Å². The second-order valence-electron chi connectivity index (χ2n) is 1.64. The summed E-state index contributed by atoms with van der Waals surface area (Å²) in [5, 5.41) is 97.7. The zero-order chi connectivity index (χ0) is 25.0. The molecule has 5 N–H and O–H groups in total. The van der Waals surface area contributed by atoms with E-state index in [2.05, 4.69) is 0 Å². The van der Waals surface area contributed by atoms with Gasteiger partial charge in [-0.3, -0.25) is 0 Å². The largest absolute Gasteiger partial charge is 2.00 e. The molecule has 0 aromatic carbocycles. The number of nitrogens with zero attached hydrogens (tertiary/aromatic N) is 7. The van der Waals surface area contributed by atoms with Gasteiger partial charge in [0, 0.05) is 0 Å². The third kappa shape index (κ3) is 386. The molecule has 0 fully saturated rings. The van der Waals surface area contributed by atoms with Gasteiger partial charge in [-0.15, -0.1) is 50.6 Å². The summed E-state index contributed by atoms with van der Waals surface area (Å²) in [6.07, 6.45) is 0. The van der Waals surface area contributed by atoms with E-state index >= 15 is 0 Å². The van der Waals surface area contributed by atoms with E-state index < -0.39 is 35.6 Å². The van der Waals surface area contributed by atoms with Gasteiger partial charge < -0.3 is 56.7 Å². The first-order chi connectivity index (χ1) is 12.1. The van der Waals surface area contributed by atoms with Crippen LogP contribution in [0.3, 0.4) is 0 Å². The maximum atomic E-state index is 8.36. The predicted molar refractivity (Wildman–Crippen MR) is 64.6 cm³/mol. The molecule has 0 heterocycles. The van der Waals surface area contributed by atoms with Crippen LogP contribution in [0, 0.1) is 81.2 Å². The topological polar surface area (TPSA) is 449 Å². The summed E-state index contributed by atoms with van der Waals surface area (Å²) < 4.78 is 0. The van der Waals surface area contributed by atoms with E-state index in [-0.39, 0.29) is 16.8 Å². The predicted octanol–water partition coefficient (Wildman–Crippen LogP) is -2.22. The van der Waals surface area contributed by atoms with E-state index in [1.54, 1.807) is 0 Å². The van der Waals surface area contributed by atoms with Gasteiger partial charge >= 0.3 is 16.8 Å². The van der Waals surface area contributed by atoms with Gasteiger partial charge in [-0.2, -0.15) is 0 Å². The Morgan fingerprint density at radius 3 is 0.345 bits per heavy atom. The Labute approximate surface area is 161 Å². The molecule has 0 bridgehead atoms. The summed E-state index contributed by atoms with van der Waals surface area (Å²) in [5.74, 6) is 0. The molecule has 28 nitrogen and oxygen atoms in total. The van der Waals surface area contributed by atoms with Crippen LogP contribution in [0.25, 0.3) is 0 Å². The second kappa shape index (κ2) is 43.4. The Bertz CT molecular complexity index is 308. The van der Waals surface area contributed by atoms with Crippen LogP contribution in [0.15, 0.2) is 0 Å². The summed E-state index contributed by atoms with van der Waals surface area (Å²) in [6.45, 7) is 0. The SMILES string of the molecule is O=[N+]([O-])O.O=[N+]([O-])O.O=[N+]([O-])O.O=[N+]([O-])O.O=[N+]([O-])O.O=[N+]([O-])[O-].O=[N+]([O-])[O-].[Co+2]. The van der Waals surface area contributed by atoms with Gasteiger partial charge in [0.05, 0.1) is 10.2 Å². The Morgan fingerprint density at radius 2 is 0.345 bits per heavy atom. The van der Waals surface area contributed by atoms with Crippen molar-refractivity contribution in [2.75, 3.05) is 0 Å². The van der Waals surface area contributed by atoms with Crippen molar-refractivity contribution in [1.29, 1.82) is 0 Å². The molecular formula is H5CoN7O21. The van der Waals surface area contributed by atoms with Crippen molar-refractivity contribution in [2.24, 2.45) is 0 Å². The molecule has 29 heteroatoms. The van der Waals surface area contributed by atoms with Gasteiger partial charge in [-0.25, -0.2) is 0 Å². The summed E-state index contributed by atoms with van der Waals surface area (Å²) in [6, 6.07) is 0. The molecular weight excluding hydrogens is 493 g/mol. The first kappa shape index (κ1) is 49.6. The van der Waals surface area contributed by atoms with E-state index in [1.165, 1.54) is 0 Å². The van der Waals surface area contributed by atoms with Gasteiger partial charge in [0.2, 0.25) is 0 Å². The Hall–Kier alpha value is -5.09. The first-order valence-corrected chi connectivity index (χ1v) is 3.92. The van der Waals surface area contributed by atoms with Crippen molar-refractivity contribution in [1.82, 2.24) is 0 Å². The number of rotatable bonds is 0. The number of hydrogen-bond donors (Lipinski definition) is 5. The zero-order valence-corrected chi connectivity index (χ0v) is 13.3. The first-order valence-electron chi connectivity index (χ1n) is 3.92. The Balaban J connectivity index is -0.0000000294. The van der Waals surface area contributed by atoms with Gasteiger partial charge in [-0.1, -0.05) is 0 Å². The van der Waals surface area contributed by atoms with Crippen molar-refractivity contribution >= 4 is 0 Å². The molecule has 0 aliphatic heterocycles. The van der Waals surface area contributed by atoms with Crippen molar-refractivity contribution in [3.63, 3.8) is 0 Å². The second-order valence-corrected chi connectivity index (χ2v) is 1.64. The van der Waals surface area contributed by atoms with Crippen LogP contribution in [-0.2, 0) is 16.8 Å². The minimum atomic E-state index is -1.75. The average molecular weight is 498 g/mol. The van der Waals surface area contributed by atoms with Crippen LogP contribution in [0.4, 0.5) is 0 Å². The van der Waals surface area contributed by atoms with Gasteiger partial charge in [0.25, 0.3) is 25.4 Å². The van der Waals surface area contributed by atoms with Crippen molar-refractivity contribution in [2.45, 2.75) is 0 Å². The normalized spacial score (nSPS) is 5.79. The fourth-order valence-corrected chi connectivity index (χ4v) is 0. The van der Waals surface area contributed by atoms with Crippen LogP contribution >= 0.6 is 0 Å². The third-order valence-electron chi connectivity index (χ3n) is 0. The van der Waals surface area contributed by atoms with Gasteiger partial charge in [0.1, 0.15) is 0 Å². The monoisotopic (exact) mass is 498 g/mol. The molecule has 0 atom stereocenters.